The van der Waals surface area contributed by atoms with Gasteiger partial charge in [0.1, 0.15) is 6.54 Å². The third-order valence-electron chi connectivity index (χ3n) is 3.06. The molecule has 0 N–H and O–H groups in total. The highest BCUT2D eigenvalue weighted by molar-refractivity contribution is 5.76. The van der Waals surface area contributed by atoms with Crippen molar-refractivity contribution in [2.75, 3.05) is 33.2 Å². The number of aromatic nitrogens is 1. The van der Waals surface area contributed by atoms with Crippen LogP contribution in [-0.4, -0.2) is 53.5 Å². The summed E-state index contributed by atoms with van der Waals surface area (Å²) in [5.74, 6) is 0.0198. The quantitative estimate of drug-likeness (QED) is 0.702. The van der Waals surface area contributed by atoms with Crippen molar-refractivity contribution in [2.45, 2.75) is 6.54 Å². The summed E-state index contributed by atoms with van der Waals surface area (Å²) in [5.41, 5.74) is -0.130. The normalized spacial score (nSPS) is 17.1. The van der Waals surface area contributed by atoms with Gasteiger partial charge in [0.2, 0.25) is 5.91 Å². The summed E-state index contributed by atoms with van der Waals surface area (Å²) in [6.07, 6.45) is 1.65. The molecule has 1 aromatic heterocycles. The predicted molar refractivity (Wildman–Crippen MR) is 64.8 cm³/mol. The van der Waals surface area contributed by atoms with Crippen LogP contribution in [0.1, 0.15) is 0 Å². The molecule has 0 aliphatic carbocycles. The van der Waals surface area contributed by atoms with E-state index in [4.69, 9.17) is 0 Å². The van der Waals surface area contributed by atoms with Crippen LogP contribution < -0.4 is 5.56 Å². The van der Waals surface area contributed by atoms with Crippen LogP contribution >= 0.6 is 0 Å². The number of amides is 1. The topological polar surface area (TPSA) is 45.5 Å². The molecular weight excluding hydrogens is 218 g/mol. The first-order valence-corrected chi connectivity index (χ1v) is 5.78. The molecule has 0 atom stereocenters. The summed E-state index contributed by atoms with van der Waals surface area (Å²) in [6, 6.07) is 4.91. The van der Waals surface area contributed by atoms with Crippen molar-refractivity contribution in [3.63, 3.8) is 0 Å². The van der Waals surface area contributed by atoms with E-state index >= 15 is 0 Å². The average molecular weight is 235 g/mol. The molecule has 1 fully saturated rings. The molecule has 17 heavy (non-hydrogen) atoms. The molecule has 5 nitrogen and oxygen atoms in total. The van der Waals surface area contributed by atoms with Crippen molar-refractivity contribution in [2.24, 2.45) is 0 Å². The lowest BCUT2D eigenvalue weighted by Gasteiger charge is -2.32. The van der Waals surface area contributed by atoms with Gasteiger partial charge in [0.15, 0.2) is 0 Å². The number of likely N-dealkylation sites (N-methyl/N-ethyl adjacent to an activating group) is 1. The number of nitrogens with zero attached hydrogens (tertiary/aromatic N) is 3. The summed E-state index contributed by atoms with van der Waals surface area (Å²) in [7, 11) is 2.05. The van der Waals surface area contributed by atoms with E-state index in [2.05, 4.69) is 4.90 Å². The molecule has 1 aliphatic heterocycles. The number of rotatable bonds is 2. The molecule has 2 heterocycles. The fourth-order valence-electron chi connectivity index (χ4n) is 1.89. The second-order valence-corrected chi connectivity index (χ2v) is 4.35. The molecule has 92 valence electrons. The van der Waals surface area contributed by atoms with Crippen molar-refractivity contribution in [1.29, 1.82) is 0 Å². The molecule has 0 aromatic carbocycles. The molecule has 1 saturated heterocycles. The van der Waals surface area contributed by atoms with Crippen LogP contribution in [0.5, 0.6) is 0 Å². The monoisotopic (exact) mass is 235 g/mol. The predicted octanol–water partition coefficient (Wildman–Crippen LogP) is -0.378. The summed E-state index contributed by atoms with van der Waals surface area (Å²) in [6.45, 7) is 3.43. The second-order valence-electron chi connectivity index (χ2n) is 4.35. The van der Waals surface area contributed by atoms with Crippen molar-refractivity contribution < 1.29 is 4.79 Å². The van der Waals surface area contributed by atoms with E-state index in [9.17, 15) is 9.59 Å². The maximum atomic E-state index is 12.0. The average Bonchev–Trinajstić information content (AvgIpc) is 2.33. The van der Waals surface area contributed by atoms with Crippen LogP contribution in [-0.2, 0) is 11.3 Å². The van der Waals surface area contributed by atoms with Gasteiger partial charge in [-0.25, -0.2) is 0 Å². The molecule has 2 rings (SSSR count). The molecule has 0 saturated carbocycles. The van der Waals surface area contributed by atoms with Crippen LogP contribution in [0.2, 0.25) is 0 Å². The van der Waals surface area contributed by atoms with Gasteiger partial charge in [0.05, 0.1) is 0 Å². The molecule has 0 bridgehead atoms. The number of carbonyl (C=O) groups excluding carboxylic acids is 1. The third kappa shape index (κ3) is 2.94. The first kappa shape index (κ1) is 11.9. The van der Waals surface area contributed by atoms with E-state index in [0.29, 0.717) is 0 Å². The fraction of sp³-hybridized carbons (Fsp3) is 0.500. The van der Waals surface area contributed by atoms with Crippen LogP contribution in [0.15, 0.2) is 29.2 Å². The number of hydrogen-bond acceptors (Lipinski definition) is 3. The number of carbonyl (C=O) groups is 1. The Morgan fingerprint density at radius 2 is 1.94 bits per heavy atom. The highest BCUT2D eigenvalue weighted by atomic mass is 16.2. The van der Waals surface area contributed by atoms with E-state index in [1.54, 1.807) is 18.3 Å². The molecule has 5 heteroatoms. The zero-order valence-electron chi connectivity index (χ0n) is 10.0. The van der Waals surface area contributed by atoms with Gasteiger partial charge < -0.3 is 14.4 Å². The van der Waals surface area contributed by atoms with Gasteiger partial charge in [-0.1, -0.05) is 6.07 Å². The summed E-state index contributed by atoms with van der Waals surface area (Å²) in [4.78, 5) is 27.5. The largest absolute Gasteiger partial charge is 0.339 e. The third-order valence-corrected chi connectivity index (χ3v) is 3.06. The van der Waals surface area contributed by atoms with Crippen LogP contribution in [0.25, 0.3) is 0 Å². The second kappa shape index (κ2) is 5.14. The molecular formula is C12H17N3O2. The van der Waals surface area contributed by atoms with Crippen LogP contribution in [0.4, 0.5) is 0 Å². The Bertz CT molecular complexity index is 447. The van der Waals surface area contributed by atoms with Gasteiger partial charge in [-0.15, -0.1) is 0 Å². The lowest BCUT2D eigenvalue weighted by molar-refractivity contribution is -0.133. The number of hydrogen-bond donors (Lipinski definition) is 0. The Kier molecular flexibility index (Phi) is 3.58. The van der Waals surface area contributed by atoms with Gasteiger partial charge in [0, 0.05) is 38.4 Å². The molecule has 1 amide bonds. The highest BCUT2D eigenvalue weighted by Crippen LogP contribution is 2.00. The van der Waals surface area contributed by atoms with Gasteiger partial charge >= 0.3 is 0 Å². The minimum atomic E-state index is -0.130. The molecule has 0 spiro atoms. The first-order valence-electron chi connectivity index (χ1n) is 5.78. The zero-order chi connectivity index (χ0) is 12.3. The van der Waals surface area contributed by atoms with Crippen LogP contribution in [0.3, 0.4) is 0 Å². The molecule has 1 aliphatic rings. The van der Waals surface area contributed by atoms with Crippen molar-refractivity contribution >= 4 is 5.91 Å². The number of pyridine rings is 1. The minimum Gasteiger partial charge on any atom is -0.339 e. The Morgan fingerprint density at radius 1 is 1.24 bits per heavy atom. The van der Waals surface area contributed by atoms with E-state index in [1.807, 2.05) is 11.9 Å². The van der Waals surface area contributed by atoms with Gasteiger partial charge in [0.25, 0.3) is 5.56 Å². The zero-order valence-corrected chi connectivity index (χ0v) is 10.0. The Morgan fingerprint density at radius 3 is 2.59 bits per heavy atom. The molecule has 0 radical (unpaired) electrons. The van der Waals surface area contributed by atoms with Crippen LogP contribution in [0, 0.1) is 0 Å². The maximum Gasteiger partial charge on any atom is 0.250 e. The Balaban J connectivity index is 1.98. The first-order chi connectivity index (χ1) is 8.16. The SMILES string of the molecule is CN1CCN(C(=O)Cn2ccccc2=O)CC1. The van der Waals surface area contributed by atoms with Gasteiger partial charge in [-0.2, -0.15) is 0 Å². The standard InChI is InChI=1S/C12H17N3O2/c1-13-6-8-14(9-7-13)12(17)10-15-5-3-2-4-11(15)16/h2-5H,6-10H2,1H3. The van der Waals surface area contributed by atoms with E-state index < -0.39 is 0 Å². The number of piperazine rings is 1. The van der Waals surface area contributed by atoms with E-state index in [0.717, 1.165) is 26.2 Å². The fourth-order valence-corrected chi connectivity index (χ4v) is 1.89. The maximum absolute atomic E-state index is 12.0. The van der Waals surface area contributed by atoms with Gasteiger partial charge in [-0.05, 0) is 13.1 Å². The molecule has 1 aromatic rings. The van der Waals surface area contributed by atoms with E-state index in [-0.39, 0.29) is 18.0 Å². The lowest BCUT2D eigenvalue weighted by Crippen LogP contribution is -2.48. The van der Waals surface area contributed by atoms with Gasteiger partial charge in [-0.3, -0.25) is 9.59 Å². The minimum absolute atomic E-state index is 0.0198. The smallest absolute Gasteiger partial charge is 0.250 e. The highest BCUT2D eigenvalue weighted by Gasteiger charge is 2.19. The Labute approximate surface area is 100 Å². The van der Waals surface area contributed by atoms with E-state index in [1.165, 1.54) is 10.6 Å². The Hall–Kier alpha value is -1.62. The lowest BCUT2D eigenvalue weighted by atomic mass is 10.3. The summed E-state index contributed by atoms with van der Waals surface area (Å²) in [5, 5.41) is 0. The molecule has 0 unspecified atom stereocenters. The summed E-state index contributed by atoms with van der Waals surface area (Å²) >= 11 is 0. The van der Waals surface area contributed by atoms with Crippen molar-refractivity contribution in [3.05, 3.63) is 34.7 Å². The van der Waals surface area contributed by atoms with Crippen molar-refractivity contribution in [1.82, 2.24) is 14.4 Å². The van der Waals surface area contributed by atoms with Crippen molar-refractivity contribution in [3.8, 4) is 0 Å². The summed E-state index contributed by atoms with van der Waals surface area (Å²) < 4.78 is 1.45.